The molecule has 1 amide bonds. The minimum absolute atomic E-state index is 0.0344. The number of carbonyl (C=O) groups is 1. The first kappa shape index (κ1) is 19.6. The molecule has 0 saturated carbocycles. The molecule has 1 fully saturated rings. The normalized spacial score (nSPS) is 18.3. The van der Waals surface area contributed by atoms with Crippen molar-refractivity contribution in [2.45, 2.75) is 45.2 Å². The van der Waals surface area contributed by atoms with Crippen LogP contribution in [0.25, 0.3) is 10.6 Å². The second-order valence-electron chi connectivity index (χ2n) is 6.92. The molecule has 1 saturated heterocycles. The van der Waals surface area contributed by atoms with Gasteiger partial charge in [0.05, 0.1) is 19.9 Å². The van der Waals surface area contributed by atoms with Crippen LogP contribution in [0.3, 0.4) is 0 Å². The molecule has 6 nitrogen and oxygen atoms in total. The Morgan fingerprint density at radius 1 is 1.30 bits per heavy atom. The summed E-state index contributed by atoms with van der Waals surface area (Å²) in [5.41, 5.74) is 7.79. The summed E-state index contributed by atoms with van der Waals surface area (Å²) in [5.74, 6) is 1.35. The molecule has 3 rings (SSSR count). The summed E-state index contributed by atoms with van der Waals surface area (Å²) in [6.07, 6.45) is 3.10. The summed E-state index contributed by atoms with van der Waals surface area (Å²) in [6.45, 7) is 4.62. The highest BCUT2D eigenvalue weighted by atomic mass is 32.1. The number of aryl methyl sites for hydroxylation is 1. The number of benzene rings is 1. The van der Waals surface area contributed by atoms with E-state index in [9.17, 15) is 4.79 Å². The average molecular weight is 390 g/mol. The van der Waals surface area contributed by atoms with E-state index in [0.29, 0.717) is 16.4 Å². The third-order valence-electron chi connectivity index (χ3n) is 5.04. The van der Waals surface area contributed by atoms with Gasteiger partial charge < -0.3 is 20.1 Å². The van der Waals surface area contributed by atoms with Crippen molar-refractivity contribution in [3.05, 3.63) is 28.8 Å². The summed E-state index contributed by atoms with van der Waals surface area (Å²) >= 11 is 1.42. The predicted molar refractivity (Wildman–Crippen MR) is 108 cm³/mol. The molecule has 0 bridgehead atoms. The number of ether oxygens (including phenoxy) is 2. The summed E-state index contributed by atoms with van der Waals surface area (Å²) in [4.78, 5) is 20.5. The largest absolute Gasteiger partial charge is 0.493 e. The van der Waals surface area contributed by atoms with Crippen LogP contribution in [0.4, 0.5) is 0 Å². The molecule has 0 spiro atoms. The van der Waals surface area contributed by atoms with Crippen molar-refractivity contribution >= 4 is 17.2 Å². The molecular weight excluding hydrogens is 362 g/mol. The zero-order chi connectivity index (χ0) is 19.6. The van der Waals surface area contributed by atoms with Gasteiger partial charge in [-0.2, -0.15) is 0 Å². The number of methoxy groups -OCH3 is 2. The maximum absolute atomic E-state index is 13.2. The molecule has 1 aliphatic rings. The summed E-state index contributed by atoms with van der Waals surface area (Å²) in [5, 5.41) is 0.797. The van der Waals surface area contributed by atoms with Crippen molar-refractivity contribution in [1.82, 2.24) is 9.88 Å². The Labute approximate surface area is 164 Å². The zero-order valence-corrected chi connectivity index (χ0v) is 17.1. The molecule has 2 N–H and O–H groups in total. The first-order chi connectivity index (χ1) is 13.0. The molecule has 2 atom stereocenters. The zero-order valence-electron chi connectivity index (χ0n) is 16.3. The highest BCUT2D eigenvalue weighted by Gasteiger charge is 2.32. The number of nitrogens with two attached hydrogens (primary N) is 1. The fourth-order valence-corrected chi connectivity index (χ4v) is 4.59. The van der Waals surface area contributed by atoms with E-state index < -0.39 is 0 Å². The lowest BCUT2D eigenvalue weighted by Gasteiger charge is -2.37. The number of amides is 1. The molecule has 1 aliphatic heterocycles. The van der Waals surface area contributed by atoms with E-state index in [0.717, 1.165) is 42.1 Å². The predicted octanol–water partition coefficient (Wildman–Crippen LogP) is 3.48. The van der Waals surface area contributed by atoms with E-state index in [4.69, 9.17) is 15.2 Å². The van der Waals surface area contributed by atoms with Crippen LogP contribution < -0.4 is 15.2 Å². The Bertz CT molecular complexity index is 819. The van der Waals surface area contributed by atoms with Crippen molar-refractivity contribution in [1.29, 1.82) is 0 Å². The van der Waals surface area contributed by atoms with E-state index in [2.05, 4.69) is 4.98 Å². The lowest BCUT2D eigenvalue weighted by molar-refractivity contribution is 0.0588. The average Bonchev–Trinajstić information content (AvgIpc) is 3.08. The van der Waals surface area contributed by atoms with Gasteiger partial charge in [-0.25, -0.2) is 4.98 Å². The molecular formula is C20H27N3O3S. The standard InChI is InChI=1S/C20H27N3O3S/c1-12(21)15-7-5-6-10-23(15)20(24)18-13(2)22-19(27-18)14-8-9-16(25-3)17(11-14)26-4/h8-9,11-12,15H,5-7,10,21H2,1-4H3. The van der Waals surface area contributed by atoms with Gasteiger partial charge in [0.25, 0.3) is 5.91 Å². The molecule has 2 heterocycles. The number of aromatic nitrogens is 1. The molecule has 2 aromatic rings. The number of hydrogen-bond acceptors (Lipinski definition) is 6. The van der Waals surface area contributed by atoms with Crippen molar-refractivity contribution in [2.24, 2.45) is 5.73 Å². The second kappa shape index (κ2) is 8.27. The van der Waals surface area contributed by atoms with E-state index in [1.807, 2.05) is 36.9 Å². The SMILES string of the molecule is COc1ccc(-c2nc(C)c(C(=O)N3CCCCC3C(C)N)s2)cc1OC. The molecule has 1 aromatic carbocycles. The summed E-state index contributed by atoms with van der Waals surface area (Å²) in [7, 11) is 3.21. The number of likely N-dealkylation sites (tertiary alicyclic amines) is 1. The molecule has 0 radical (unpaired) electrons. The van der Waals surface area contributed by atoms with Crippen LogP contribution in [0.15, 0.2) is 18.2 Å². The van der Waals surface area contributed by atoms with Crippen LogP contribution >= 0.6 is 11.3 Å². The van der Waals surface area contributed by atoms with Gasteiger partial charge in [-0.05, 0) is 51.3 Å². The fraction of sp³-hybridized carbons (Fsp3) is 0.500. The van der Waals surface area contributed by atoms with Crippen LogP contribution in [-0.4, -0.2) is 48.6 Å². The maximum Gasteiger partial charge on any atom is 0.266 e. The number of carbonyl (C=O) groups excluding carboxylic acids is 1. The maximum atomic E-state index is 13.2. The topological polar surface area (TPSA) is 77.7 Å². The van der Waals surface area contributed by atoms with Gasteiger partial charge in [-0.15, -0.1) is 11.3 Å². The van der Waals surface area contributed by atoms with Crippen LogP contribution in [-0.2, 0) is 0 Å². The Balaban J connectivity index is 1.91. The van der Waals surface area contributed by atoms with Crippen molar-refractivity contribution < 1.29 is 14.3 Å². The minimum atomic E-state index is -0.0344. The molecule has 0 aliphatic carbocycles. The van der Waals surface area contributed by atoms with Gasteiger partial charge in [0.15, 0.2) is 11.5 Å². The van der Waals surface area contributed by atoms with E-state index in [1.54, 1.807) is 14.2 Å². The first-order valence-electron chi connectivity index (χ1n) is 9.22. The number of nitrogens with zero attached hydrogens (tertiary/aromatic N) is 2. The van der Waals surface area contributed by atoms with Crippen LogP contribution in [0.1, 0.15) is 41.6 Å². The van der Waals surface area contributed by atoms with E-state index in [1.165, 1.54) is 11.3 Å². The van der Waals surface area contributed by atoms with Crippen LogP contribution in [0.5, 0.6) is 11.5 Å². The van der Waals surface area contributed by atoms with Gasteiger partial charge >= 0.3 is 0 Å². The lowest BCUT2D eigenvalue weighted by atomic mass is 9.96. The highest BCUT2D eigenvalue weighted by molar-refractivity contribution is 7.17. The smallest absolute Gasteiger partial charge is 0.266 e. The number of thiazole rings is 1. The minimum Gasteiger partial charge on any atom is -0.493 e. The van der Waals surface area contributed by atoms with E-state index >= 15 is 0 Å². The molecule has 27 heavy (non-hydrogen) atoms. The molecule has 2 unspecified atom stereocenters. The number of rotatable bonds is 5. The van der Waals surface area contributed by atoms with Gasteiger partial charge in [0.1, 0.15) is 9.88 Å². The summed E-state index contributed by atoms with van der Waals surface area (Å²) in [6, 6.07) is 5.73. The van der Waals surface area contributed by atoms with Gasteiger partial charge in [-0.1, -0.05) is 0 Å². The first-order valence-corrected chi connectivity index (χ1v) is 10.0. The third-order valence-corrected chi connectivity index (χ3v) is 6.23. The van der Waals surface area contributed by atoms with Crippen LogP contribution in [0, 0.1) is 6.92 Å². The Morgan fingerprint density at radius 3 is 2.70 bits per heavy atom. The van der Waals surface area contributed by atoms with Crippen molar-refractivity contribution in [3.8, 4) is 22.1 Å². The van der Waals surface area contributed by atoms with Crippen molar-refractivity contribution in [3.63, 3.8) is 0 Å². The second-order valence-corrected chi connectivity index (χ2v) is 7.92. The molecule has 1 aromatic heterocycles. The Hall–Kier alpha value is -2.12. The molecule has 7 heteroatoms. The van der Waals surface area contributed by atoms with E-state index in [-0.39, 0.29) is 18.0 Å². The quantitative estimate of drug-likeness (QED) is 0.847. The molecule has 146 valence electrons. The highest BCUT2D eigenvalue weighted by Crippen LogP contribution is 2.35. The number of piperidine rings is 1. The van der Waals surface area contributed by atoms with Gasteiger partial charge in [0.2, 0.25) is 0 Å². The Morgan fingerprint density at radius 2 is 2.04 bits per heavy atom. The third kappa shape index (κ3) is 3.94. The van der Waals surface area contributed by atoms with Crippen molar-refractivity contribution in [2.75, 3.05) is 20.8 Å². The summed E-state index contributed by atoms with van der Waals surface area (Å²) < 4.78 is 10.7. The lowest BCUT2D eigenvalue weighted by Crippen LogP contribution is -2.51. The Kier molecular flexibility index (Phi) is 6.01. The van der Waals surface area contributed by atoms with Gasteiger partial charge in [0, 0.05) is 24.2 Å². The number of hydrogen-bond donors (Lipinski definition) is 1. The monoisotopic (exact) mass is 389 g/mol. The van der Waals surface area contributed by atoms with Gasteiger partial charge in [-0.3, -0.25) is 4.79 Å². The van der Waals surface area contributed by atoms with Crippen LogP contribution in [0.2, 0.25) is 0 Å². The fourth-order valence-electron chi connectivity index (χ4n) is 3.57.